The smallest absolute Gasteiger partial charge is 0.332 e. The van der Waals surface area contributed by atoms with Crippen molar-refractivity contribution in [1.82, 2.24) is 5.32 Å². The van der Waals surface area contributed by atoms with E-state index in [4.69, 9.17) is 4.74 Å². The zero-order valence-corrected chi connectivity index (χ0v) is 14.5. The van der Waals surface area contributed by atoms with Crippen LogP contribution in [0.15, 0.2) is 42.5 Å². The molecule has 6 nitrogen and oxygen atoms in total. The quantitative estimate of drug-likeness (QED) is 0.648. The zero-order valence-electron chi connectivity index (χ0n) is 14.5. The second kappa shape index (κ2) is 6.63. The van der Waals surface area contributed by atoms with Gasteiger partial charge in [-0.2, -0.15) is 0 Å². The predicted octanol–water partition coefficient (Wildman–Crippen LogP) is 2.04. The highest BCUT2D eigenvalue weighted by Gasteiger charge is 2.46. The van der Waals surface area contributed by atoms with Gasteiger partial charge in [0.2, 0.25) is 0 Å². The average Bonchev–Trinajstić information content (AvgIpc) is 2.99. The highest BCUT2D eigenvalue weighted by atomic mass is 16.5. The maximum absolute atomic E-state index is 12.7. The maximum atomic E-state index is 12.7. The van der Waals surface area contributed by atoms with E-state index in [1.165, 1.54) is 32.2 Å². The Morgan fingerprint density at radius 2 is 1.69 bits per heavy atom. The molecule has 0 unspecified atom stereocenters. The topological polar surface area (TPSA) is 92.7 Å². The van der Waals surface area contributed by atoms with Crippen LogP contribution in [0, 0.1) is 0 Å². The standard InChI is InChI=1S/C20H19NO5/c1-12(22)16-8-7-13(9-17(16)23)18(24)21-20(19(25)26-2)10-14-5-3-4-6-15(14)11-20/h3-9,23H,10-11H2,1-2H3,(H,21,24). The Hall–Kier alpha value is -3.15. The van der Waals surface area contributed by atoms with Crippen molar-refractivity contribution in [2.24, 2.45) is 0 Å². The number of ether oxygens (including phenoxy) is 1. The highest BCUT2D eigenvalue weighted by Crippen LogP contribution is 2.31. The van der Waals surface area contributed by atoms with E-state index in [2.05, 4.69) is 5.32 Å². The Morgan fingerprint density at radius 1 is 1.08 bits per heavy atom. The van der Waals surface area contributed by atoms with Gasteiger partial charge in [0.05, 0.1) is 12.7 Å². The molecule has 134 valence electrons. The number of Topliss-reactive ketones (excluding diaryl/α,β-unsaturated/α-hetero) is 1. The number of carbonyl (C=O) groups excluding carboxylic acids is 3. The number of phenolic OH excluding ortho intramolecular Hbond substituents is 1. The first-order valence-electron chi connectivity index (χ1n) is 8.18. The molecule has 2 aromatic rings. The van der Waals surface area contributed by atoms with Gasteiger partial charge in [-0.3, -0.25) is 9.59 Å². The molecule has 6 heteroatoms. The fourth-order valence-electron chi connectivity index (χ4n) is 3.35. The summed E-state index contributed by atoms with van der Waals surface area (Å²) in [5.74, 6) is -1.61. The molecule has 0 aromatic heterocycles. The van der Waals surface area contributed by atoms with Crippen LogP contribution < -0.4 is 5.32 Å². The minimum atomic E-state index is -1.19. The number of aromatic hydroxyl groups is 1. The number of rotatable bonds is 4. The summed E-state index contributed by atoms with van der Waals surface area (Å²) in [6, 6.07) is 11.6. The third kappa shape index (κ3) is 3.06. The molecule has 26 heavy (non-hydrogen) atoms. The van der Waals surface area contributed by atoms with Gasteiger partial charge in [-0.05, 0) is 36.2 Å². The van der Waals surface area contributed by atoms with Crippen molar-refractivity contribution in [1.29, 1.82) is 0 Å². The van der Waals surface area contributed by atoms with Crippen LogP contribution in [0.3, 0.4) is 0 Å². The number of phenols is 1. The first-order chi connectivity index (χ1) is 12.4. The van der Waals surface area contributed by atoms with Crippen LogP contribution in [0.2, 0.25) is 0 Å². The van der Waals surface area contributed by atoms with E-state index < -0.39 is 17.4 Å². The van der Waals surface area contributed by atoms with Crippen molar-refractivity contribution >= 4 is 17.7 Å². The number of methoxy groups -OCH3 is 1. The van der Waals surface area contributed by atoms with E-state index in [1.54, 1.807) is 0 Å². The van der Waals surface area contributed by atoms with E-state index in [0.717, 1.165) is 11.1 Å². The van der Waals surface area contributed by atoms with Gasteiger partial charge < -0.3 is 15.2 Å². The molecule has 1 aliphatic rings. The van der Waals surface area contributed by atoms with Crippen LogP contribution in [0.1, 0.15) is 38.8 Å². The molecular formula is C20H19NO5. The third-order valence-electron chi connectivity index (χ3n) is 4.67. The molecule has 0 saturated heterocycles. The first kappa shape index (κ1) is 17.7. The molecule has 1 aliphatic carbocycles. The summed E-state index contributed by atoms with van der Waals surface area (Å²) >= 11 is 0. The van der Waals surface area contributed by atoms with Crippen LogP contribution >= 0.6 is 0 Å². The molecule has 0 heterocycles. The normalized spacial score (nSPS) is 14.4. The van der Waals surface area contributed by atoms with Crippen molar-refractivity contribution in [3.05, 3.63) is 64.7 Å². The number of fused-ring (bicyclic) bond motifs is 1. The van der Waals surface area contributed by atoms with Crippen LogP contribution in [0.25, 0.3) is 0 Å². The summed E-state index contributed by atoms with van der Waals surface area (Å²) in [5.41, 5.74) is 1.06. The molecular weight excluding hydrogens is 334 g/mol. The summed E-state index contributed by atoms with van der Waals surface area (Å²) in [5, 5.41) is 12.7. The van der Waals surface area contributed by atoms with Gasteiger partial charge >= 0.3 is 5.97 Å². The van der Waals surface area contributed by atoms with Crippen LogP contribution in [0.4, 0.5) is 0 Å². The second-order valence-electron chi connectivity index (χ2n) is 6.44. The van der Waals surface area contributed by atoms with Gasteiger partial charge in [0, 0.05) is 18.4 Å². The molecule has 0 saturated carbocycles. The SMILES string of the molecule is COC(=O)C1(NC(=O)c2ccc(C(C)=O)c(O)c2)Cc2ccccc2C1. The molecule has 0 aliphatic heterocycles. The summed E-state index contributed by atoms with van der Waals surface area (Å²) in [6.07, 6.45) is 0.665. The van der Waals surface area contributed by atoms with Crippen LogP contribution in [-0.2, 0) is 22.4 Å². The first-order valence-corrected chi connectivity index (χ1v) is 8.18. The lowest BCUT2D eigenvalue weighted by Crippen LogP contribution is -2.56. The predicted molar refractivity (Wildman–Crippen MR) is 94.2 cm³/mol. The van der Waals surface area contributed by atoms with Gasteiger partial charge in [0.25, 0.3) is 5.91 Å². The van der Waals surface area contributed by atoms with Crippen LogP contribution in [0.5, 0.6) is 5.75 Å². The fraction of sp³-hybridized carbons (Fsp3) is 0.250. The molecule has 0 spiro atoms. The minimum Gasteiger partial charge on any atom is -0.507 e. The van der Waals surface area contributed by atoms with Gasteiger partial charge in [-0.1, -0.05) is 24.3 Å². The highest BCUT2D eigenvalue weighted by molar-refractivity contribution is 6.01. The van der Waals surface area contributed by atoms with E-state index in [-0.39, 0.29) is 22.7 Å². The maximum Gasteiger partial charge on any atom is 0.332 e. The number of hydrogen-bond donors (Lipinski definition) is 2. The third-order valence-corrected chi connectivity index (χ3v) is 4.67. The lowest BCUT2D eigenvalue weighted by Gasteiger charge is -2.27. The molecule has 3 rings (SSSR count). The Bertz CT molecular complexity index is 878. The number of carbonyl (C=O) groups is 3. The Morgan fingerprint density at radius 3 is 2.19 bits per heavy atom. The van der Waals surface area contributed by atoms with Gasteiger partial charge in [-0.15, -0.1) is 0 Å². The molecule has 2 N–H and O–H groups in total. The van der Waals surface area contributed by atoms with Crippen LogP contribution in [-0.4, -0.2) is 35.4 Å². The Balaban J connectivity index is 1.89. The number of benzene rings is 2. The van der Waals surface area contributed by atoms with E-state index >= 15 is 0 Å². The van der Waals surface area contributed by atoms with Gasteiger partial charge in [0.15, 0.2) is 5.78 Å². The lowest BCUT2D eigenvalue weighted by atomic mass is 9.94. The Labute approximate surface area is 150 Å². The number of esters is 1. The molecule has 0 fully saturated rings. The second-order valence-corrected chi connectivity index (χ2v) is 6.44. The van der Waals surface area contributed by atoms with Crippen molar-refractivity contribution in [2.75, 3.05) is 7.11 Å². The molecule has 0 atom stereocenters. The summed E-state index contributed by atoms with van der Waals surface area (Å²) in [4.78, 5) is 36.6. The average molecular weight is 353 g/mol. The number of amides is 1. The summed E-state index contributed by atoms with van der Waals surface area (Å²) in [7, 11) is 1.28. The largest absolute Gasteiger partial charge is 0.507 e. The van der Waals surface area contributed by atoms with Gasteiger partial charge in [-0.25, -0.2) is 4.79 Å². The number of ketones is 1. The van der Waals surface area contributed by atoms with E-state index in [9.17, 15) is 19.5 Å². The van der Waals surface area contributed by atoms with Crippen molar-refractivity contribution in [3.63, 3.8) is 0 Å². The monoisotopic (exact) mass is 353 g/mol. The molecule has 0 radical (unpaired) electrons. The van der Waals surface area contributed by atoms with Crippen molar-refractivity contribution in [3.8, 4) is 5.75 Å². The molecule has 1 amide bonds. The number of nitrogens with one attached hydrogen (secondary N) is 1. The molecule has 0 bridgehead atoms. The van der Waals surface area contributed by atoms with Crippen molar-refractivity contribution in [2.45, 2.75) is 25.3 Å². The van der Waals surface area contributed by atoms with E-state index in [0.29, 0.717) is 12.8 Å². The Kier molecular flexibility index (Phi) is 4.50. The molecule has 2 aromatic carbocycles. The summed E-state index contributed by atoms with van der Waals surface area (Å²) in [6.45, 7) is 1.33. The summed E-state index contributed by atoms with van der Waals surface area (Å²) < 4.78 is 4.93. The van der Waals surface area contributed by atoms with E-state index in [1.807, 2.05) is 24.3 Å². The minimum absolute atomic E-state index is 0.137. The van der Waals surface area contributed by atoms with Gasteiger partial charge in [0.1, 0.15) is 11.3 Å². The number of hydrogen-bond acceptors (Lipinski definition) is 5. The fourth-order valence-corrected chi connectivity index (χ4v) is 3.35. The lowest BCUT2D eigenvalue weighted by molar-refractivity contribution is -0.147. The van der Waals surface area contributed by atoms with Crippen molar-refractivity contribution < 1.29 is 24.2 Å². The zero-order chi connectivity index (χ0) is 18.9.